The van der Waals surface area contributed by atoms with E-state index >= 15 is 0 Å². The van der Waals surface area contributed by atoms with Gasteiger partial charge in [0, 0.05) is 18.9 Å². The molecule has 1 radical (unpaired) electrons. The molecule has 0 aromatic heterocycles. The Morgan fingerprint density at radius 2 is 1.73 bits per heavy atom. The van der Waals surface area contributed by atoms with E-state index < -0.39 is 15.6 Å². The van der Waals surface area contributed by atoms with Crippen molar-refractivity contribution in [1.29, 1.82) is 5.26 Å². The molecule has 0 unspecified atom stereocenters. The SMILES string of the molecule is N#COS(=O)(=O)C(F)(F)F.[Li]. The average molecular weight is 182 g/mol. The van der Waals surface area contributed by atoms with E-state index in [9.17, 15) is 21.6 Å². The molecule has 0 saturated carbocycles. The second-order valence-electron chi connectivity index (χ2n) is 1.07. The summed E-state index contributed by atoms with van der Waals surface area (Å²) >= 11 is 0. The molecule has 0 aromatic carbocycles. The van der Waals surface area contributed by atoms with Gasteiger partial charge in [0.15, 0.2) is 0 Å². The maximum absolute atomic E-state index is 11.2. The van der Waals surface area contributed by atoms with Crippen LogP contribution in [0.2, 0.25) is 0 Å². The minimum absolute atomic E-state index is 0. The molecule has 0 heterocycles. The largest absolute Gasteiger partial charge is 0.535 e. The van der Waals surface area contributed by atoms with Crippen LogP contribution >= 0.6 is 0 Å². The normalized spacial score (nSPS) is 11.1. The van der Waals surface area contributed by atoms with Gasteiger partial charge in [-0.2, -0.15) is 21.6 Å². The predicted octanol–water partition coefficient (Wildman–Crippen LogP) is -0.0471. The Kier molecular flexibility index (Phi) is 4.64. The zero-order valence-electron chi connectivity index (χ0n) is 5.21. The molecular formula is C2F3LiNO3S. The van der Waals surface area contributed by atoms with Crippen LogP contribution in [0.3, 0.4) is 0 Å². The molecule has 0 bridgehead atoms. The molecule has 11 heavy (non-hydrogen) atoms. The van der Waals surface area contributed by atoms with E-state index in [2.05, 4.69) is 4.18 Å². The van der Waals surface area contributed by atoms with Crippen LogP contribution in [-0.2, 0) is 14.3 Å². The Labute approximate surface area is 72.2 Å². The van der Waals surface area contributed by atoms with Crippen LogP contribution in [0.25, 0.3) is 0 Å². The van der Waals surface area contributed by atoms with Gasteiger partial charge in [0.05, 0.1) is 0 Å². The number of alkyl halides is 3. The smallest absolute Gasteiger partial charge is 0.296 e. The molecule has 59 valence electrons. The number of nitrogens with zero attached hydrogens (tertiary/aromatic N) is 1. The first-order valence-electron chi connectivity index (χ1n) is 1.70. The van der Waals surface area contributed by atoms with Gasteiger partial charge < -0.3 is 0 Å². The number of rotatable bonds is 1. The maximum atomic E-state index is 11.2. The van der Waals surface area contributed by atoms with Crippen LogP contribution in [0.4, 0.5) is 13.2 Å². The topological polar surface area (TPSA) is 67.2 Å². The molecule has 0 spiro atoms. The van der Waals surface area contributed by atoms with Crippen LogP contribution in [0.5, 0.6) is 0 Å². The van der Waals surface area contributed by atoms with Gasteiger partial charge in [0.25, 0.3) is 0 Å². The summed E-state index contributed by atoms with van der Waals surface area (Å²) in [5.74, 6) is 0. The van der Waals surface area contributed by atoms with Gasteiger partial charge in [-0.05, 0) is 0 Å². The second-order valence-corrected chi connectivity index (χ2v) is 2.61. The van der Waals surface area contributed by atoms with Crippen molar-refractivity contribution in [2.45, 2.75) is 5.51 Å². The van der Waals surface area contributed by atoms with Crippen LogP contribution in [0.15, 0.2) is 0 Å². The summed E-state index contributed by atoms with van der Waals surface area (Å²) in [6.07, 6.45) is 0.407. The van der Waals surface area contributed by atoms with Crippen molar-refractivity contribution < 1.29 is 25.8 Å². The Hall–Kier alpha value is -0.373. The van der Waals surface area contributed by atoms with Crippen molar-refractivity contribution in [2.24, 2.45) is 0 Å². The Balaban J connectivity index is 0. The summed E-state index contributed by atoms with van der Waals surface area (Å²) in [4.78, 5) is 0. The summed E-state index contributed by atoms with van der Waals surface area (Å²) in [6.45, 7) is 0. The van der Waals surface area contributed by atoms with Crippen molar-refractivity contribution in [3.63, 3.8) is 0 Å². The van der Waals surface area contributed by atoms with E-state index in [-0.39, 0.29) is 18.9 Å². The first kappa shape index (κ1) is 13.2. The van der Waals surface area contributed by atoms with Gasteiger partial charge in [0.2, 0.25) is 0 Å². The molecule has 0 amide bonds. The van der Waals surface area contributed by atoms with Gasteiger partial charge in [-0.1, -0.05) is 0 Å². The van der Waals surface area contributed by atoms with Crippen molar-refractivity contribution in [1.82, 2.24) is 0 Å². The van der Waals surface area contributed by atoms with Crippen LogP contribution in [-0.4, -0.2) is 32.8 Å². The summed E-state index contributed by atoms with van der Waals surface area (Å²) in [5.41, 5.74) is -5.53. The molecule has 0 aliphatic carbocycles. The predicted molar refractivity (Wildman–Crippen MR) is 27.4 cm³/mol. The molecule has 4 nitrogen and oxygen atoms in total. The molecule has 0 saturated heterocycles. The minimum Gasteiger partial charge on any atom is -0.296 e. The van der Waals surface area contributed by atoms with Crippen molar-refractivity contribution in [2.75, 3.05) is 0 Å². The van der Waals surface area contributed by atoms with E-state index in [1.54, 1.807) is 0 Å². The van der Waals surface area contributed by atoms with Crippen molar-refractivity contribution in [3.05, 3.63) is 0 Å². The molecule has 0 aliphatic rings. The van der Waals surface area contributed by atoms with E-state index in [1.807, 2.05) is 0 Å². The molecule has 0 aliphatic heterocycles. The third-order valence-electron chi connectivity index (χ3n) is 0.430. The molecule has 9 heteroatoms. The molecule has 0 atom stereocenters. The zero-order chi connectivity index (χ0) is 8.41. The fourth-order valence-electron chi connectivity index (χ4n) is 0.0963. The summed E-state index contributed by atoms with van der Waals surface area (Å²) < 4.78 is 55.6. The standard InChI is InChI=1S/C2F3NO3S.Li/c3-2(4,5)10(7,8)9-1-6;. The second kappa shape index (κ2) is 3.86. The monoisotopic (exact) mass is 182 g/mol. The van der Waals surface area contributed by atoms with Gasteiger partial charge in [-0.25, -0.2) is 0 Å². The van der Waals surface area contributed by atoms with Crippen molar-refractivity contribution >= 4 is 29.0 Å². The van der Waals surface area contributed by atoms with Crippen LogP contribution in [0, 0.1) is 11.5 Å². The number of hydrogen-bond donors (Lipinski definition) is 0. The molecule has 0 aromatic rings. The number of halogens is 3. The molecular weight excluding hydrogens is 182 g/mol. The Morgan fingerprint density at radius 3 is 1.82 bits per heavy atom. The molecule has 0 rings (SSSR count). The van der Waals surface area contributed by atoms with Gasteiger partial charge >= 0.3 is 21.9 Å². The third kappa shape index (κ3) is 3.51. The quantitative estimate of drug-likeness (QED) is 0.247. The Morgan fingerprint density at radius 1 is 1.36 bits per heavy atom. The fourth-order valence-corrected chi connectivity index (χ4v) is 0.289. The van der Waals surface area contributed by atoms with E-state index in [4.69, 9.17) is 5.26 Å². The third-order valence-corrected chi connectivity index (χ3v) is 1.29. The maximum Gasteiger partial charge on any atom is 0.535 e. The average Bonchev–Trinajstić information content (AvgIpc) is 1.61. The summed E-state index contributed by atoms with van der Waals surface area (Å²) in [6, 6.07) is 0. The first-order chi connectivity index (χ1) is 4.31. The van der Waals surface area contributed by atoms with E-state index in [0.717, 1.165) is 0 Å². The first-order valence-corrected chi connectivity index (χ1v) is 3.11. The van der Waals surface area contributed by atoms with Gasteiger partial charge in [-0.3, -0.25) is 4.18 Å². The van der Waals surface area contributed by atoms with Crippen LogP contribution < -0.4 is 0 Å². The fraction of sp³-hybridized carbons (Fsp3) is 0.500. The van der Waals surface area contributed by atoms with Crippen LogP contribution in [0.1, 0.15) is 0 Å². The van der Waals surface area contributed by atoms with Gasteiger partial charge in [0.1, 0.15) is 0 Å². The summed E-state index contributed by atoms with van der Waals surface area (Å²) in [5, 5.41) is 7.41. The summed E-state index contributed by atoms with van der Waals surface area (Å²) in [7, 11) is -5.71. The molecule has 0 fully saturated rings. The number of hydrogen-bond acceptors (Lipinski definition) is 4. The number of nitriles is 1. The van der Waals surface area contributed by atoms with Gasteiger partial charge in [-0.15, -0.1) is 5.26 Å². The van der Waals surface area contributed by atoms with E-state index in [1.165, 1.54) is 0 Å². The van der Waals surface area contributed by atoms with Crippen molar-refractivity contribution in [3.8, 4) is 6.26 Å². The molecule has 0 N–H and O–H groups in total. The minimum atomic E-state index is -5.71. The zero-order valence-corrected chi connectivity index (χ0v) is 6.03. The Bertz CT molecular complexity index is 251. The van der Waals surface area contributed by atoms with E-state index in [0.29, 0.717) is 6.26 Å².